The molecule has 0 bridgehead atoms. The summed E-state index contributed by atoms with van der Waals surface area (Å²) in [5.41, 5.74) is 3.70. The first-order valence-electron chi connectivity index (χ1n) is 9.87. The van der Waals surface area contributed by atoms with Gasteiger partial charge in [0.15, 0.2) is 0 Å². The molecule has 7 heteroatoms. The van der Waals surface area contributed by atoms with Crippen LogP contribution in [0.3, 0.4) is 0 Å². The van der Waals surface area contributed by atoms with Crippen LogP contribution in [-0.4, -0.2) is 16.0 Å². The summed E-state index contributed by atoms with van der Waals surface area (Å²) in [5.74, 6) is 0.318. The highest BCUT2D eigenvalue weighted by atomic mass is 79.9. The Morgan fingerprint density at radius 1 is 1.03 bits per heavy atom. The molecule has 1 fully saturated rings. The molecule has 3 aromatic rings. The average Bonchev–Trinajstić information content (AvgIpc) is 3.02. The van der Waals surface area contributed by atoms with Crippen molar-refractivity contribution in [2.45, 2.75) is 20.1 Å². The Morgan fingerprint density at radius 2 is 1.81 bits per heavy atom. The van der Waals surface area contributed by atoms with Crippen LogP contribution in [0.15, 0.2) is 76.1 Å². The molecule has 0 aromatic heterocycles. The van der Waals surface area contributed by atoms with Gasteiger partial charge in [0.2, 0.25) is 0 Å². The fraction of sp³-hybridized carbons (Fsp3) is 0.120. The molecule has 3 aromatic carbocycles. The van der Waals surface area contributed by atoms with Crippen LogP contribution in [0.2, 0.25) is 5.02 Å². The van der Waals surface area contributed by atoms with E-state index in [2.05, 4.69) is 15.9 Å². The molecule has 0 unspecified atom stereocenters. The van der Waals surface area contributed by atoms with Crippen LogP contribution >= 0.6 is 39.3 Å². The van der Waals surface area contributed by atoms with Crippen molar-refractivity contribution in [3.8, 4) is 5.75 Å². The molecule has 0 atom stereocenters. The molecule has 0 radical (unpaired) electrons. The van der Waals surface area contributed by atoms with Crippen molar-refractivity contribution in [3.05, 3.63) is 103 Å². The van der Waals surface area contributed by atoms with Gasteiger partial charge in [0.25, 0.3) is 11.1 Å². The molecule has 32 heavy (non-hydrogen) atoms. The highest BCUT2D eigenvalue weighted by Crippen LogP contribution is 2.36. The second kappa shape index (κ2) is 9.94. The van der Waals surface area contributed by atoms with E-state index >= 15 is 0 Å². The van der Waals surface area contributed by atoms with E-state index in [0.29, 0.717) is 22.3 Å². The first kappa shape index (κ1) is 22.6. The van der Waals surface area contributed by atoms with E-state index in [0.717, 1.165) is 38.5 Å². The maximum Gasteiger partial charge on any atom is 0.293 e. The number of carbonyl (C=O) groups is 2. The van der Waals surface area contributed by atoms with Crippen LogP contribution in [0.4, 0.5) is 4.79 Å². The van der Waals surface area contributed by atoms with Gasteiger partial charge in [0.1, 0.15) is 12.4 Å². The van der Waals surface area contributed by atoms with Crippen molar-refractivity contribution in [2.24, 2.45) is 0 Å². The standard InChI is InChI=1S/C25H19BrClNO3S/c1-16-3-2-4-18(11-16)14-28-24(29)23(32-25(28)30)13-19-12-20(26)7-10-22(19)31-15-17-5-8-21(27)9-6-17/h2-13H,14-15H2,1H3/b23-13+. The number of hydrogen-bond donors (Lipinski definition) is 0. The Hall–Kier alpha value is -2.54. The third-order valence-electron chi connectivity index (χ3n) is 4.86. The van der Waals surface area contributed by atoms with Gasteiger partial charge in [-0.1, -0.05) is 69.5 Å². The van der Waals surface area contributed by atoms with E-state index < -0.39 is 0 Å². The molecule has 0 spiro atoms. The van der Waals surface area contributed by atoms with Crippen LogP contribution in [0.5, 0.6) is 5.75 Å². The van der Waals surface area contributed by atoms with Gasteiger partial charge in [0, 0.05) is 15.1 Å². The molecule has 0 aliphatic carbocycles. The number of imide groups is 1. The summed E-state index contributed by atoms with van der Waals surface area (Å²) in [5, 5.41) is 0.390. The van der Waals surface area contributed by atoms with Crippen LogP contribution < -0.4 is 4.74 Å². The zero-order valence-corrected chi connectivity index (χ0v) is 20.3. The SMILES string of the molecule is Cc1cccc(CN2C(=O)S/C(=C/c3cc(Br)ccc3OCc3ccc(Cl)cc3)C2=O)c1. The van der Waals surface area contributed by atoms with E-state index in [4.69, 9.17) is 16.3 Å². The van der Waals surface area contributed by atoms with Crippen LogP contribution in [-0.2, 0) is 17.9 Å². The van der Waals surface area contributed by atoms with Gasteiger partial charge >= 0.3 is 0 Å². The number of aryl methyl sites for hydroxylation is 1. The van der Waals surface area contributed by atoms with E-state index in [9.17, 15) is 9.59 Å². The van der Waals surface area contributed by atoms with E-state index in [1.165, 1.54) is 4.90 Å². The smallest absolute Gasteiger partial charge is 0.293 e. The van der Waals surface area contributed by atoms with Gasteiger partial charge in [-0.2, -0.15) is 0 Å². The van der Waals surface area contributed by atoms with Crippen molar-refractivity contribution < 1.29 is 14.3 Å². The molecular formula is C25H19BrClNO3S. The molecule has 0 saturated carbocycles. The summed E-state index contributed by atoms with van der Waals surface area (Å²) in [6.45, 7) is 2.59. The molecule has 1 aliphatic rings. The summed E-state index contributed by atoms with van der Waals surface area (Å²) in [7, 11) is 0. The Balaban J connectivity index is 1.55. The topological polar surface area (TPSA) is 46.6 Å². The average molecular weight is 529 g/mol. The van der Waals surface area contributed by atoms with Crippen molar-refractivity contribution >= 4 is 56.5 Å². The lowest BCUT2D eigenvalue weighted by molar-refractivity contribution is -0.123. The molecule has 1 saturated heterocycles. The van der Waals surface area contributed by atoms with Crippen LogP contribution in [0, 0.1) is 6.92 Å². The lowest BCUT2D eigenvalue weighted by Gasteiger charge is -2.13. The quantitative estimate of drug-likeness (QED) is 0.317. The predicted molar refractivity (Wildman–Crippen MR) is 133 cm³/mol. The number of nitrogens with zero attached hydrogens (tertiary/aromatic N) is 1. The highest BCUT2D eigenvalue weighted by Gasteiger charge is 2.35. The summed E-state index contributed by atoms with van der Waals surface area (Å²) in [6, 6.07) is 20.8. The lowest BCUT2D eigenvalue weighted by Crippen LogP contribution is -2.27. The fourth-order valence-electron chi connectivity index (χ4n) is 3.28. The van der Waals surface area contributed by atoms with Crippen molar-refractivity contribution in [1.29, 1.82) is 0 Å². The normalized spacial score (nSPS) is 15.0. The minimum absolute atomic E-state index is 0.252. The predicted octanol–water partition coefficient (Wildman–Crippen LogP) is 7.23. The second-order valence-corrected chi connectivity index (χ2v) is 9.70. The molecule has 1 heterocycles. The minimum atomic E-state index is -0.301. The monoisotopic (exact) mass is 527 g/mol. The first-order chi connectivity index (χ1) is 15.4. The highest BCUT2D eigenvalue weighted by molar-refractivity contribution is 9.10. The summed E-state index contributed by atoms with van der Waals surface area (Å²) in [6.07, 6.45) is 1.71. The van der Waals surface area contributed by atoms with Gasteiger partial charge in [-0.25, -0.2) is 0 Å². The summed E-state index contributed by atoms with van der Waals surface area (Å²) >= 11 is 10.4. The maximum absolute atomic E-state index is 13.0. The molecular weight excluding hydrogens is 510 g/mol. The Kier molecular flexibility index (Phi) is 7.04. The zero-order chi connectivity index (χ0) is 22.7. The van der Waals surface area contributed by atoms with Gasteiger partial charge in [0.05, 0.1) is 11.4 Å². The number of ether oxygens (including phenoxy) is 1. The number of benzene rings is 3. The van der Waals surface area contributed by atoms with Crippen molar-refractivity contribution in [1.82, 2.24) is 4.90 Å². The molecule has 2 amide bonds. The minimum Gasteiger partial charge on any atom is -0.488 e. The van der Waals surface area contributed by atoms with Crippen molar-refractivity contribution in [3.63, 3.8) is 0 Å². The maximum atomic E-state index is 13.0. The summed E-state index contributed by atoms with van der Waals surface area (Å²) < 4.78 is 6.85. The number of carbonyl (C=O) groups excluding carboxylic acids is 2. The molecule has 1 aliphatic heterocycles. The molecule has 4 nitrogen and oxygen atoms in total. The van der Waals surface area contributed by atoms with Gasteiger partial charge < -0.3 is 4.74 Å². The first-order valence-corrected chi connectivity index (χ1v) is 11.9. The number of halogens is 2. The zero-order valence-electron chi connectivity index (χ0n) is 17.2. The Labute approximate surface area is 204 Å². The van der Waals surface area contributed by atoms with Gasteiger partial charge in [-0.15, -0.1) is 0 Å². The largest absolute Gasteiger partial charge is 0.488 e. The number of rotatable bonds is 6. The van der Waals surface area contributed by atoms with Gasteiger partial charge in [-0.05, 0) is 66.2 Å². The Bertz CT molecular complexity index is 1210. The number of amides is 2. The van der Waals surface area contributed by atoms with E-state index in [-0.39, 0.29) is 17.7 Å². The third kappa shape index (κ3) is 5.44. The number of hydrogen-bond acceptors (Lipinski definition) is 4. The van der Waals surface area contributed by atoms with E-state index in [1.54, 1.807) is 6.08 Å². The summed E-state index contributed by atoms with van der Waals surface area (Å²) in [4.78, 5) is 27.2. The van der Waals surface area contributed by atoms with Crippen LogP contribution in [0.25, 0.3) is 6.08 Å². The van der Waals surface area contributed by atoms with E-state index in [1.807, 2.05) is 73.7 Å². The lowest BCUT2D eigenvalue weighted by atomic mass is 10.1. The van der Waals surface area contributed by atoms with Crippen LogP contribution in [0.1, 0.15) is 22.3 Å². The fourth-order valence-corrected chi connectivity index (χ4v) is 4.61. The van der Waals surface area contributed by atoms with Gasteiger partial charge in [-0.3, -0.25) is 14.5 Å². The second-order valence-electron chi connectivity index (χ2n) is 7.35. The molecule has 0 N–H and O–H groups in total. The third-order valence-corrected chi connectivity index (χ3v) is 6.52. The Morgan fingerprint density at radius 3 is 2.56 bits per heavy atom. The number of thioether (sulfide) groups is 1. The van der Waals surface area contributed by atoms with Crippen molar-refractivity contribution in [2.75, 3.05) is 0 Å². The molecule has 4 rings (SSSR count). The molecule has 162 valence electrons.